The first-order valence-corrected chi connectivity index (χ1v) is 9.45. The molecular formula is C22H17FN4O3. The Bertz CT molecular complexity index is 1250. The van der Waals surface area contributed by atoms with Crippen LogP contribution in [-0.4, -0.2) is 34.9 Å². The van der Waals surface area contributed by atoms with Crippen LogP contribution in [0.25, 0.3) is 22.9 Å². The van der Waals surface area contributed by atoms with E-state index in [1.54, 1.807) is 36.4 Å². The van der Waals surface area contributed by atoms with E-state index in [9.17, 15) is 14.0 Å². The summed E-state index contributed by atoms with van der Waals surface area (Å²) < 4.78 is 20.2. The third kappa shape index (κ3) is 2.93. The fraction of sp³-hybridized carbons (Fsp3) is 0.136. The van der Waals surface area contributed by atoms with Crippen molar-refractivity contribution >= 4 is 29.2 Å². The monoisotopic (exact) mass is 404 g/mol. The number of benzene rings is 1. The smallest absolute Gasteiger partial charge is 0.258 e. The van der Waals surface area contributed by atoms with Crippen LogP contribution in [0.15, 0.2) is 36.4 Å². The van der Waals surface area contributed by atoms with E-state index in [1.165, 1.54) is 6.07 Å². The molecule has 8 heteroatoms. The Morgan fingerprint density at radius 3 is 2.83 bits per heavy atom. The molecule has 30 heavy (non-hydrogen) atoms. The Morgan fingerprint density at radius 2 is 1.97 bits per heavy atom. The van der Waals surface area contributed by atoms with Crippen molar-refractivity contribution in [1.82, 2.24) is 15.3 Å². The first kappa shape index (κ1) is 18.1. The SMILES string of the molecule is Cc1cc2c([nH]1)/C=C1\C(=O)Nc3ccc(nc31)-c1cccc(F)c1OCCNC2=O. The van der Waals surface area contributed by atoms with Gasteiger partial charge in [-0.3, -0.25) is 9.59 Å². The molecule has 2 bridgehead atoms. The molecule has 3 N–H and O–H groups in total. The van der Waals surface area contributed by atoms with Crippen LogP contribution in [0.2, 0.25) is 0 Å². The highest BCUT2D eigenvalue weighted by Gasteiger charge is 2.28. The molecule has 2 amide bonds. The molecule has 0 radical (unpaired) electrons. The second-order valence-corrected chi connectivity index (χ2v) is 7.11. The van der Waals surface area contributed by atoms with Crippen molar-refractivity contribution in [2.24, 2.45) is 0 Å². The Balaban J connectivity index is 1.74. The van der Waals surface area contributed by atoms with Crippen LogP contribution in [0.3, 0.4) is 0 Å². The molecule has 0 spiro atoms. The summed E-state index contributed by atoms with van der Waals surface area (Å²) in [6, 6.07) is 9.73. The molecule has 5 rings (SSSR count). The summed E-state index contributed by atoms with van der Waals surface area (Å²) in [5.41, 5.74) is 3.95. The van der Waals surface area contributed by atoms with Crippen molar-refractivity contribution in [1.29, 1.82) is 0 Å². The average molecular weight is 404 g/mol. The molecule has 1 aromatic carbocycles. The highest BCUT2D eigenvalue weighted by atomic mass is 19.1. The highest BCUT2D eigenvalue weighted by molar-refractivity contribution is 6.34. The molecule has 0 atom stereocenters. The summed E-state index contributed by atoms with van der Waals surface area (Å²) in [6.45, 7) is 2.10. The molecule has 0 fully saturated rings. The number of aryl methyl sites for hydroxylation is 1. The quantitative estimate of drug-likeness (QED) is 0.536. The van der Waals surface area contributed by atoms with Crippen molar-refractivity contribution in [3.05, 3.63) is 64.9 Å². The molecule has 0 unspecified atom stereocenters. The van der Waals surface area contributed by atoms with Gasteiger partial charge >= 0.3 is 0 Å². The van der Waals surface area contributed by atoms with Crippen molar-refractivity contribution < 1.29 is 18.7 Å². The molecule has 0 aliphatic carbocycles. The second-order valence-electron chi connectivity index (χ2n) is 7.11. The molecule has 7 nitrogen and oxygen atoms in total. The molecular weight excluding hydrogens is 387 g/mol. The summed E-state index contributed by atoms with van der Waals surface area (Å²) in [5, 5.41) is 5.55. The van der Waals surface area contributed by atoms with E-state index in [0.29, 0.717) is 39.5 Å². The van der Waals surface area contributed by atoms with Gasteiger partial charge in [0.1, 0.15) is 12.3 Å². The summed E-state index contributed by atoms with van der Waals surface area (Å²) in [6.07, 6.45) is 1.62. The lowest BCUT2D eigenvalue weighted by Crippen LogP contribution is -2.28. The highest BCUT2D eigenvalue weighted by Crippen LogP contribution is 2.37. The van der Waals surface area contributed by atoms with E-state index in [-0.39, 0.29) is 30.7 Å². The van der Waals surface area contributed by atoms with Gasteiger partial charge in [0.2, 0.25) is 0 Å². The van der Waals surface area contributed by atoms with Gasteiger partial charge in [0.25, 0.3) is 11.8 Å². The number of para-hydroxylation sites is 1. The molecule has 3 aromatic rings. The number of H-pyrrole nitrogens is 1. The van der Waals surface area contributed by atoms with Crippen LogP contribution in [0, 0.1) is 12.7 Å². The molecule has 2 aliphatic heterocycles. The third-order valence-corrected chi connectivity index (χ3v) is 5.04. The molecule has 2 aromatic heterocycles. The van der Waals surface area contributed by atoms with E-state index < -0.39 is 5.82 Å². The minimum atomic E-state index is -0.526. The number of pyridine rings is 1. The van der Waals surface area contributed by atoms with Crippen molar-refractivity contribution in [2.75, 3.05) is 18.5 Å². The van der Waals surface area contributed by atoms with Gasteiger partial charge in [0.05, 0.1) is 34.8 Å². The molecule has 0 saturated heterocycles. The zero-order valence-electron chi connectivity index (χ0n) is 16.0. The van der Waals surface area contributed by atoms with Gasteiger partial charge in [-0.1, -0.05) is 6.07 Å². The van der Waals surface area contributed by atoms with Crippen LogP contribution in [0.4, 0.5) is 10.1 Å². The molecule has 150 valence electrons. The number of ether oxygens (including phenoxy) is 1. The lowest BCUT2D eigenvalue weighted by Gasteiger charge is -2.14. The maximum atomic E-state index is 14.5. The van der Waals surface area contributed by atoms with Crippen molar-refractivity contribution in [3.8, 4) is 17.0 Å². The van der Waals surface area contributed by atoms with E-state index in [1.807, 2.05) is 6.92 Å². The van der Waals surface area contributed by atoms with Crippen LogP contribution >= 0.6 is 0 Å². The van der Waals surface area contributed by atoms with Gasteiger partial charge < -0.3 is 20.4 Å². The van der Waals surface area contributed by atoms with Crippen molar-refractivity contribution in [2.45, 2.75) is 6.92 Å². The standard InChI is InChI=1S/C22H17FN4O3/c1-11-9-13-18(25-11)10-14-19-17(27-22(14)29)6-5-16(26-19)12-3-2-4-15(23)20(12)30-8-7-24-21(13)28/h2-6,9-10,25H,7-8H2,1H3,(H,24,28)(H,27,29)/b14-10-. The fourth-order valence-electron chi connectivity index (χ4n) is 3.67. The lowest BCUT2D eigenvalue weighted by atomic mass is 10.1. The van der Waals surface area contributed by atoms with Crippen LogP contribution in [-0.2, 0) is 4.79 Å². The minimum Gasteiger partial charge on any atom is -0.488 e. The number of carbonyl (C=O) groups excluding carboxylic acids is 2. The zero-order chi connectivity index (χ0) is 20.8. The van der Waals surface area contributed by atoms with Gasteiger partial charge in [0.15, 0.2) is 11.6 Å². The van der Waals surface area contributed by atoms with E-state index >= 15 is 0 Å². The maximum Gasteiger partial charge on any atom is 0.258 e. The maximum absolute atomic E-state index is 14.5. The van der Waals surface area contributed by atoms with E-state index in [0.717, 1.165) is 5.69 Å². The topological polar surface area (TPSA) is 96.1 Å². The second kappa shape index (κ2) is 6.84. The Labute approximate surface area is 171 Å². The number of fused-ring (bicyclic) bond motifs is 4. The van der Waals surface area contributed by atoms with Gasteiger partial charge in [-0.15, -0.1) is 0 Å². The van der Waals surface area contributed by atoms with E-state index in [4.69, 9.17) is 4.74 Å². The van der Waals surface area contributed by atoms with Crippen LogP contribution < -0.4 is 15.4 Å². The summed E-state index contributed by atoms with van der Waals surface area (Å²) in [7, 11) is 0. The number of rotatable bonds is 0. The lowest BCUT2D eigenvalue weighted by molar-refractivity contribution is -0.110. The van der Waals surface area contributed by atoms with Crippen molar-refractivity contribution in [3.63, 3.8) is 0 Å². The Morgan fingerprint density at radius 1 is 1.10 bits per heavy atom. The first-order chi connectivity index (χ1) is 14.5. The Kier molecular flexibility index (Phi) is 4.13. The number of halogens is 1. The normalized spacial score (nSPS) is 16.9. The number of hydrogen-bond donors (Lipinski definition) is 3. The number of anilines is 1. The minimum absolute atomic E-state index is 0.0530. The molecule has 0 saturated carbocycles. The third-order valence-electron chi connectivity index (χ3n) is 5.04. The number of amides is 2. The zero-order valence-corrected chi connectivity index (χ0v) is 16.0. The van der Waals surface area contributed by atoms with E-state index in [2.05, 4.69) is 20.6 Å². The summed E-state index contributed by atoms with van der Waals surface area (Å²) in [5.74, 6) is -1.11. The average Bonchev–Trinajstić information content (AvgIpc) is 3.24. The number of carbonyl (C=O) groups is 2. The molecule has 2 aliphatic rings. The summed E-state index contributed by atoms with van der Waals surface area (Å²) >= 11 is 0. The predicted octanol–water partition coefficient (Wildman–Crippen LogP) is 3.14. The van der Waals surface area contributed by atoms with Crippen LogP contribution in [0.5, 0.6) is 5.75 Å². The first-order valence-electron chi connectivity index (χ1n) is 9.45. The number of aromatic nitrogens is 2. The van der Waals surface area contributed by atoms with Gasteiger partial charge in [-0.2, -0.15) is 0 Å². The van der Waals surface area contributed by atoms with Gasteiger partial charge in [-0.25, -0.2) is 9.37 Å². The van der Waals surface area contributed by atoms with Crippen LogP contribution in [0.1, 0.15) is 27.4 Å². The predicted molar refractivity (Wildman–Crippen MR) is 109 cm³/mol. The largest absolute Gasteiger partial charge is 0.488 e. The number of hydrogen-bond acceptors (Lipinski definition) is 4. The Hall–Kier alpha value is -3.94. The summed E-state index contributed by atoms with van der Waals surface area (Å²) in [4.78, 5) is 33.0. The van der Waals surface area contributed by atoms with Gasteiger partial charge in [-0.05, 0) is 43.3 Å². The number of nitrogens with zero attached hydrogens (tertiary/aromatic N) is 1. The van der Waals surface area contributed by atoms with Gasteiger partial charge in [0, 0.05) is 11.3 Å². The number of nitrogens with one attached hydrogen (secondary N) is 3. The molecule has 4 heterocycles. The number of aromatic amines is 1. The fourth-order valence-corrected chi connectivity index (χ4v) is 3.67.